The van der Waals surface area contributed by atoms with Gasteiger partial charge in [0.2, 0.25) is 0 Å². The van der Waals surface area contributed by atoms with Crippen LogP contribution in [0.5, 0.6) is 0 Å². The third-order valence-electron chi connectivity index (χ3n) is 3.02. The minimum absolute atomic E-state index is 0.149. The second-order valence-corrected chi connectivity index (χ2v) is 4.03. The van der Waals surface area contributed by atoms with Gasteiger partial charge in [0.25, 0.3) is 0 Å². The molecule has 0 spiro atoms. The number of hydrogen-bond acceptors (Lipinski definition) is 2. The van der Waals surface area contributed by atoms with Crippen LogP contribution in [0.15, 0.2) is 24.3 Å². The molecule has 3 heteroatoms. The van der Waals surface area contributed by atoms with Gasteiger partial charge < -0.3 is 10.1 Å². The van der Waals surface area contributed by atoms with Crippen LogP contribution < -0.4 is 5.32 Å². The molecule has 82 valence electrons. The zero-order valence-electron chi connectivity index (χ0n) is 8.92. The summed E-state index contributed by atoms with van der Waals surface area (Å²) in [6.07, 6.45) is 2.00. The number of nitrogens with one attached hydrogen (secondary N) is 1. The molecule has 0 radical (unpaired) electrons. The summed E-state index contributed by atoms with van der Waals surface area (Å²) >= 11 is 0. The molecule has 1 N–H and O–H groups in total. The predicted molar refractivity (Wildman–Crippen MR) is 57.2 cm³/mol. The molecule has 1 unspecified atom stereocenters. The van der Waals surface area contributed by atoms with Crippen LogP contribution in [0, 0.1) is 5.82 Å². The number of benzene rings is 1. The summed E-state index contributed by atoms with van der Waals surface area (Å²) < 4.78 is 18.9. The van der Waals surface area contributed by atoms with E-state index in [1.165, 1.54) is 6.07 Å². The summed E-state index contributed by atoms with van der Waals surface area (Å²) in [5.74, 6) is -0.149. The summed E-state index contributed by atoms with van der Waals surface area (Å²) in [6, 6.07) is 6.93. The van der Waals surface area contributed by atoms with E-state index in [-0.39, 0.29) is 11.4 Å². The zero-order chi connectivity index (χ0) is 10.7. The fraction of sp³-hybridized carbons (Fsp3) is 0.500. The molecule has 1 saturated heterocycles. The van der Waals surface area contributed by atoms with Crippen molar-refractivity contribution in [3.8, 4) is 0 Å². The van der Waals surface area contributed by atoms with Gasteiger partial charge in [-0.25, -0.2) is 4.39 Å². The first-order chi connectivity index (χ1) is 7.28. The average molecular weight is 209 g/mol. The second-order valence-electron chi connectivity index (χ2n) is 4.03. The molecule has 2 nitrogen and oxygen atoms in total. The van der Waals surface area contributed by atoms with E-state index in [1.807, 2.05) is 12.1 Å². The molecule has 1 atom stereocenters. The Balaban J connectivity index is 2.36. The van der Waals surface area contributed by atoms with Gasteiger partial charge in [-0.3, -0.25) is 0 Å². The molecule has 1 aliphatic heterocycles. The molecular formula is C12H16FNO. The van der Waals surface area contributed by atoms with Crippen LogP contribution in [-0.2, 0) is 10.3 Å². The van der Waals surface area contributed by atoms with Gasteiger partial charge in [-0.1, -0.05) is 18.2 Å². The van der Waals surface area contributed by atoms with Crippen molar-refractivity contribution in [1.29, 1.82) is 0 Å². The van der Waals surface area contributed by atoms with Crippen molar-refractivity contribution >= 4 is 0 Å². The van der Waals surface area contributed by atoms with E-state index < -0.39 is 0 Å². The Morgan fingerprint density at radius 1 is 1.47 bits per heavy atom. The van der Waals surface area contributed by atoms with Gasteiger partial charge in [-0.15, -0.1) is 0 Å². The molecule has 0 saturated carbocycles. The number of ether oxygens (including phenoxy) is 1. The van der Waals surface area contributed by atoms with Crippen molar-refractivity contribution in [2.24, 2.45) is 0 Å². The van der Waals surface area contributed by atoms with E-state index in [4.69, 9.17) is 4.74 Å². The number of methoxy groups -OCH3 is 1. The lowest BCUT2D eigenvalue weighted by Crippen LogP contribution is -2.41. The zero-order valence-corrected chi connectivity index (χ0v) is 8.92. The molecule has 1 fully saturated rings. The fourth-order valence-electron chi connectivity index (χ4n) is 2.33. The third-order valence-corrected chi connectivity index (χ3v) is 3.02. The Bertz CT molecular complexity index is 334. The van der Waals surface area contributed by atoms with Gasteiger partial charge in [0.15, 0.2) is 0 Å². The van der Waals surface area contributed by atoms with E-state index in [1.54, 1.807) is 13.2 Å². The lowest BCUT2D eigenvalue weighted by atomic mass is 9.89. The van der Waals surface area contributed by atoms with Crippen LogP contribution >= 0.6 is 0 Å². The SMILES string of the molecule is COCC1(c2ccccc2F)CCCN1. The molecule has 0 aromatic heterocycles. The Morgan fingerprint density at radius 2 is 2.27 bits per heavy atom. The molecule has 1 aromatic carbocycles. The highest BCUT2D eigenvalue weighted by Gasteiger charge is 2.37. The van der Waals surface area contributed by atoms with E-state index >= 15 is 0 Å². The number of halogens is 1. The summed E-state index contributed by atoms with van der Waals surface area (Å²) in [5, 5.41) is 3.36. The van der Waals surface area contributed by atoms with Crippen molar-refractivity contribution in [3.63, 3.8) is 0 Å². The van der Waals surface area contributed by atoms with Crippen molar-refractivity contribution < 1.29 is 9.13 Å². The van der Waals surface area contributed by atoms with Gasteiger partial charge in [-0.2, -0.15) is 0 Å². The van der Waals surface area contributed by atoms with Gasteiger partial charge in [0.1, 0.15) is 5.82 Å². The Labute approximate surface area is 89.4 Å². The Hall–Kier alpha value is -0.930. The van der Waals surface area contributed by atoms with E-state index in [0.717, 1.165) is 24.9 Å². The standard InChI is InChI=1S/C12H16FNO/c1-15-9-12(7-4-8-14-12)10-5-2-3-6-11(10)13/h2-3,5-6,14H,4,7-9H2,1H3. The highest BCUT2D eigenvalue weighted by molar-refractivity contribution is 5.27. The van der Waals surface area contributed by atoms with E-state index in [2.05, 4.69) is 5.32 Å². The lowest BCUT2D eigenvalue weighted by Gasteiger charge is -2.29. The van der Waals surface area contributed by atoms with Crippen LogP contribution in [-0.4, -0.2) is 20.3 Å². The van der Waals surface area contributed by atoms with Crippen molar-refractivity contribution in [3.05, 3.63) is 35.6 Å². The first kappa shape index (κ1) is 10.6. The van der Waals surface area contributed by atoms with Gasteiger partial charge in [0.05, 0.1) is 12.1 Å². The minimum atomic E-state index is -0.319. The maximum absolute atomic E-state index is 13.7. The van der Waals surface area contributed by atoms with Crippen LogP contribution in [0.3, 0.4) is 0 Å². The van der Waals surface area contributed by atoms with Crippen molar-refractivity contribution in [2.75, 3.05) is 20.3 Å². The molecule has 0 aliphatic carbocycles. The fourth-order valence-corrected chi connectivity index (χ4v) is 2.33. The molecule has 1 aromatic rings. The monoisotopic (exact) mass is 209 g/mol. The number of rotatable bonds is 3. The average Bonchev–Trinajstić information content (AvgIpc) is 2.69. The first-order valence-electron chi connectivity index (χ1n) is 5.27. The Kier molecular flexibility index (Phi) is 3.03. The molecule has 15 heavy (non-hydrogen) atoms. The minimum Gasteiger partial charge on any atom is -0.382 e. The highest BCUT2D eigenvalue weighted by atomic mass is 19.1. The van der Waals surface area contributed by atoms with Gasteiger partial charge in [0, 0.05) is 12.7 Å². The molecule has 0 amide bonds. The predicted octanol–water partition coefficient (Wildman–Crippen LogP) is 2.05. The highest BCUT2D eigenvalue weighted by Crippen LogP contribution is 2.32. The molecular weight excluding hydrogens is 193 g/mol. The topological polar surface area (TPSA) is 21.3 Å². The molecule has 0 bridgehead atoms. The largest absolute Gasteiger partial charge is 0.382 e. The van der Waals surface area contributed by atoms with Crippen molar-refractivity contribution in [2.45, 2.75) is 18.4 Å². The second kappa shape index (κ2) is 4.29. The van der Waals surface area contributed by atoms with E-state index in [0.29, 0.717) is 6.61 Å². The lowest BCUT2D eigenvalue weighted by molar-refractivity contribution is 0.117. The van der Waals surface area contributed by atoms with Crippen LogP contribution in [0.2, 0.25) is 0 Å². The summed E-state index contributed by atoms with van der Waals surface area (Å²) in [4.78, 5) is 0. The quantitative estimate of drug-likeness (QED) is 0.822. The van der Waals surface area contributed by atoms with Gasteiger partial charge in [-0.05, 0) is 25.5 Å². The molecule has 2 rings (SSSR count). The summed E-state index contributed by atoms with van der Waals surface area (Å²) in [7, 11) is 1.66. The summed E-state index contributed by atoms with van der Waals surface area (Å²) in [6.45, 7) is 1.45. The molecule has 1 heterocycles. The van der Waals surface area contributed by atoms with Crippen LogP contribution in [0.4, 0.5) is 4.39 Å². The summed E-state index contributed by atoms with van der Waals surface area (Å²) in [5.41, 5.74) is 0.407. The smallest absolute Gasteiger partial charge is 0.128 e. The maximum atomic E-state index is 13.7. The first-order valence-corrected chi connectivity index (χ1v) is 5.27. The normalized spacial score (nSPS) is 25.7. The Morgan fingerprint density at radius 3 is 2.87 bits per heavy atom. The number of hydrogen-bond donors (Lipinski definition) is 1. The third kappa shape index (κ3) is 1.90. The van der Waals surface area contributed by atoms with Crippen molar-refractivity contribution in [1.82, 2.24) is 5.32 Å². The van der Waals surface area contributed by atoms with E-state index in [9.17, 15) is 4.39 Å². The maximum Gasteiger partial charge on any atom is 0.128 e. The van der Waals surface area contributed by atoms with Crippen LogP contribution in [0.25, 0.3) is 0 Å². The van der Waals surface area contributed by atoms with Gasteiger partial charge >= 0.3 is 0 Å². The van der Waals surface area contributed by atoms with Crippen LogP contribution in [0.1, 0.15) is 18.4 Å². The molecule has 1 aliphatic rings.